The first-order chi connectivity index (χ1) is 10.0. The van der Waals surface area contributed by atoms with Crippen LogP contribution in [0, 0.1) is 5.41 Å². The Kier molecular flexibility index (Phi) is 8.84. The van der Waals surface area contributed by atoms with E-state index < -0.39 is 0 Å². The van der Waals surface area contributed by atoms with E-state index in [1.165, 1.54) is 58.2 Å². The first-order valence-electron chi connectivity index (χ1n) is 9.12. The van der Waals surface area contributed by atoms with Gasteiger partial charge in [-0.1, -0.05) is 39.5 Å². The standard InChI is InChI=1S/C18H39N3/c1-6-19-15-18(12-10-8-9-11-13-18)16-21(7-2)17(3)14-20(4)5/h17,19H,6-16H2,1-5H3. The SMILES string of the molecule is CCNCC1(CN(CC)C(C)CN(C)C)CCCCCC1. The molecule has 1 fully saturated rings. The van der Waals surface area contributed by atoms with Gasteiger partial charge in [0.1, 0.15) is 0 Å². The molecule has 1 atom stereocenters. The van der Waals surface area contributed by atoms with E-state index in [-0.39, 0.29) is 0 Å². The monoisotopic (exact) mass is 297 g/mol. The minimum absolute atomic E-state index is 0.503. The van der Waals surface area contributed by atoms with Crippen molar-refractivity contribution in [2.24, 2.45) is 5.41 Å². The lowest BCUT2D eigenvalue weighted by atomic mass is 9.79. The molecule has 0 bridgehead atoms. The van der Waals surface area contributed by atoms with Crippen LogP contribution in [0.4, 0.5) is 0 Å². The van der Waals surface area contributed by atoms with Crippen molar-refractivity contribution in [1.29, 1.82) is 0 Å². The fourth-order valence-electron chi connectivity index (χ4n) is 3.91. The van der Waals surface area contributed by atoms with E-state index in [1.54, 1.807) is 0 Å². The van der Waals surface area contributed by atoms with Crippen molar-refractivity contribution in [3.8, 4) is 0 Å². The number of hydrogen-bond acceptors (Lipinski definition) is 3. The largest absolute Gasteiger partial charge is 0.316 e. The van der Waals surface area contributed by atoms with Crippen LogP contribution in [0.25, 0.3) is 0 Å². The Morgan fingerprint density at radius 2 is 1.67 bits per heavy atom. The first kappa shape index (κ1) is 18.9. The van der Waals surface area contributed by atoms with Crippen molar-refractivity contribution < 1.29 is 0 Å². The molecule has 0 aliphatic heterocycles. The van der Waals surface area contributed by atoms with Crippen molar-refractivity contribution in [3.05, 3.63) is 0 Å². The lowest BCUT2D eigenvalue weighted by Crippen LogP contribution is -2.49. The molecule has 0 aromatic carbocycles. The van der Waals surface area contributed by atoms with E-state index in [2.05, 4.69) is 50.0 Å². The summed E-state index contributed by atoms with van der Waals surface area (Å²) < 4.78 is 0. The van der Waals surface area contributed by atoms with Crippen LogP contribution >= 0.6 is 0 Å². The molecule has 1 aliphatic rings. The quantitative estimate of drug-likeness (QED) is 0.659. The van der Waals surface area contributed by atoms with Gasteiger partial charge < -0.3 is 10.2 Å². The highest BCUT2D eigenvalue weighted by Crippen LogP contribution is 2.35. The van der Waals surface area contributed by atoms with Crippen LogP contribution in [0.5, 0.6) is 0 Å². The minimum atomic E-state index is 0.503. The summed E-state index contributed by atoms with van der Waals surface area (Å²) in [6.07, 6.45) is 8.53. The van der Waals surface area contributed by atoms with E-state index in [0.29, 0.717) is 11.5 Å². The van der Waals surface area contributed by atoms with Crippen LogP contribution in [0.1, 0.15) is 59.3 Å². The van der Waals surface area contributed by atoms with Crippen molar-refractivity contribution in [1.82, 2.24) is 15.1 Å². The first-order valence-corrected chi connectivity index (χ1v) is 9.12. The molecule has 0 aromatic heterocycles. The van der Waals surface area contributed by atoms with Crippen LogP contribution in [-0.2, 0) is 0 Å². The number of rotatable bonds is 9. The third-order valence-electron chi connectivity index (χ3n) is 5.11. The van der Waals surface area contributed by atoms with Gasteiger partial charge >= 0.3 is 0 Å². The normalized spacial score (nSPS) is 20.7. The molecule has 0 amide bonds. The second-order valence-electron chi connectivity index (χ2n) is 7.37. The fraction of sp³-hybridized carbons (Fsp3) is 1.00. The summed E-state index contributed by atoms with van der Waals surface area (Å²) in [6.45, 7) is 12.8. The zero-order valence-corrected chi connectivity index (χ0v) is 15.2. The maximum absolute atomic E-state index is 3.66. The maximum atomic E-state index is 3.66. The van der Waals surface area contributed by atoms with Gasteiger partial charge in [-0.25, -0.2) is 0 Å². The predicted molar refractivity (Wildman–Crippen MR) is 93.9 cm³/mol. The molecule has 1 saturated carbocycles. The molecule has 3 heteroatoms. The summed E-state index contributed by atoms with van der Waals surface area (Å²) in [7, 11) is 4.37. The highest BCUT2D eigenvalue weighted by atomic mass is 15.2. The van der Waals surface area contributed by atoms with Crippen LogP contribution in [0.2, 0.25) is 0 Å². The molecule has 1 unspecified atom stereocenters. The second-order valence-corrected chi connectivity index (χ2v) is 7.37. The molecule has 1 N–H and O–H groups in total. The fourth-order valence-corrected chi connectivity index (χ4v) is 3.91. The molecule has 3 nitrogen and oxygen atoms in total. The molecule has 0 aromatic rings. The number of likely N-dealkylation sites (N-methyl/N-ethyl adjacent to an activating group) is 2. The highest BCUT2D eigenvalue weighted by Gasteiger charge is 2.33. The zero-order valence-electron chi connectivity index (χ0n) is 15.2. The molecule has 1 aliphatic carbocycles. The molecule has 1 rings (SSSR count). The predicted octanol–water partition coefficient (Wildman–Crippen LogP) is 3.21. The molecule has 0 spiro atoms. The Morgan fingerprint density at radius 1 is 1.05 bits per heavy atom. The Morgan fingerprint density at radius 3 is 2.14 bits per heavy atom. The van der Waals surface area contributed by atoms with Crippen molar-refractivity contribution in [3.63, 3.8) is 0 Å². The van der Waals surface area contributed by atoms with E-state index >= 15 is 0 Å². The number of nitrogens with one attached hydrogen (secondary N) is 1. The Hall–Kier alpha value is -0.120. The van der Waals surface area contributed by atoms with Gasteiger partial charge in [0, 0.05) is 25.7 Å². The smallest absolute Gasteiger partial charge is 0.0194 e. The van der Waals surface area contributed by atoms with Gasteiger partial charge in [0.15, 0.2) is 0 Å². The molecule has 0 heterocycles. The summed E-state index contributed by atoms with van der Waals surface area (Å²) >= 11 is 0. The summed E-state index contributed by atoms with van der Waals surface area (Å²) in [6, 6.07) is 0.645. The van der Waals surface area contributed by atoms with Crippen LogP contribution < -0.4 is 5.32 Å². The van der Waals surface area contributed by atoms with E-state index in [4.69, 9.17) is 0 Å². The van der Waals surface area contributed by atoms with Crippen LogP contribution in [0.3, 0.4) is 0 Å². The minimum Gasteiger partial charge on any atom is -0.316 e. The molecule has 126 valence electrons. The Bertz CT molecular complexity index is 257. The van der Waals surface area contributed by atoms with Gasteiger partial charge in [-0.3, -0.25) is 4.90 Å². The molecule has 0 saturated heterocycles. The van der Waals surface area contributed by atoms with Crippen LogP contribution in [0.15, 0.2) is 0 Å². The second kappa shape index (κ2) is 9.81. The Labute approximate surface area is 133 Å². The van der Waals surface area contributed by atoms with Crippen molar-refractivity contribution in [2.45, 2.75) is 65.3 Å². The van der Waals surface area contributed by atoms with Crippen LogP contribution in [-0.4, -0.2) is 62.7 Å². The molecular formula is C18H39N3. The summed E-state index contributed by atoms with van der Waals surface area (Å²) in [4.78, 5) is 5.03. The third-order valence-corrected chi connectivity index (χ3v) is 5.11. The molecule has 0 radical (unpaired) electrons. The molecular weight excluding hydrogens is 258 g/mol. The summed E-state index contributed by atoms with van der Waals surface area (Å²) in [5, 5.41) is 3.66. The zero-order chi connectivity index (χ0) is 15.7. The Balaban J connectivity index is 2.71. The van der Waals surface area contributed by atoms with Gasteiger partial charge in [0.25, 0.3) is 0 Å². The van der Waals surface area contributed by atoms with E-state index in [1.807, 2.05) is 0 Å². The van der Waals surface area contributed by atoms with Gasteiger partial charge in [-0.05, 0) is 52.4 Å². The van der Waals surface area contributed by atoms with E-state index in [0.717, 1.165) is 13.1 Å². The number of nitrogens with zero attached hydrogens (tertiary/aromatic N) is 2. The average molecular weight is 298 g/mol. The lowest BCUT2D eigenvalue weighted by molar-refractivity contribution is 0.0913. The topological polar surface area (TPSA) is 18.5 Å². The van der Waals surface area contributed by atoms with Crippen molar-refractivity contribution >= 4 is 0 Å². The molecule has 21 heavy (non-hydrogen) atoms. The number of hydrogen-bond donors (Lipinski definition) is 1. The van der Waals surface area contributed by atoms with Gasteiger partial charge in [-0.2, -0.15) is 0 Å². The highest BCUT2D eigenvalue weighted by molar-refractivity contribution is 4.88. The summed E-state index contributed by atoms with van der Waals surface area (Å²) in [5.41, 5.74) is 0.503. The average Bonchev–Trinajstić information content (AvgIpc) is 2.68. The van der Waals surface area contributed by atoms with E-state index in [9.17, 15) is 0 Å². The summed E-state index contributed by atoms with van der Waals surface area (Å²) in [5.74, 6) is 0. The lowest BCUT2D eigenvalue weighted by Gasteiger charge is -2.41. The van der Waals surface area contributed by atoms with Gasteiger partial charge in [0.05, 0.1) is 0 Å². The third kappa shape index (κ3) is 6.66. The van der Waals surface area contributed by atoms with Gasteiger partial charge in [0.2, 0.25) is 0 Å². The van der Waals surface area contributed by atoms with Crippen molar-refractivity contribution in [2.75, 3.05) is 46.8 Å². The maximum Gasteiger partial charge on any atom is 0.0194 e. The van der Waals surface area contributed by atoms with Gasteiger partial charge in [-0.15, -0.1) is 0 Å².